The zero-order valence-electron chi connectivity index (χ0n) is 15.1. The fraction of sp³-hybridized carbons (Fsp3) is 0.316. The van der Waals surface area contributed by atoms with Gasteiger partial charge in [0.2, 0.25) is 0 Å². The first-order valence-electron chi connectivity index (χ1n) is 8.36. The number of esters is 1. The summed E-state index contributed by atoms with van der Waals surface area (Å²) in [7, 11) is 1.36. The minimum atomic E-state index is -0.425. The number of rotatable bonds is 5. The van der Waals surface area contributed by atoms with Crippen LogP contribution in [0.2, 0.25) is 0 Å². The molecule has 0 aromatic heterocycles. The van der Waals surface area contributed by atoms with Crippen molar-refractivity contribution < 1.29 is 19.4 Å². The van der Waals surface area contributed by atoms with Crippen molar-refractivity contribution >= 4 is 17.3 Å². The first-order valence-corrected chi connectivity index (χ1v) is 8.36. The van der Waals surface area contributed by atoms with Crippen molar-refractivity contribution in [3.05, 3.63) is 47.0 Å². The van der Waals surface area contributed by atoms with Crippen LogP contribution in [0.15, 0.2) is 30.3 Å². The molecule has 0 radical (unpaired) electrons. The number of nitrogens with two attached hydrogens (primary N) is 1. The molecule has 1 unspecified atom stereocenters. The van der Waals surface area contributed by atoms with Crippen LogP contribution in [0.4, 0.5) is 11.4 Å². The van der Waals surface area contributed by atoms with Crippen LogP contribution >= 0.6 is 0 Å². The molecule has 4 N–H and O–H groups in total. The topological polar surface area (TPSA) is 97.0 Å². The Balaban J connectivity index is 1.95. The number of hydrogen-bond donors (Lipinski definition) is 3. The van der Waals surface area contributed by atoms with E-state index in [1.54, 1.807) is 12.1 Å². The van der Waals surface area contributed by atoms with Crippen LogP contribution in [0.25, 0.3) is 0 Å². The smallest absolute Gasteiger partial charge is 0.337 e. The highest BCUT2D eigenvalue weighted by Crippen LogP contribution is 2.43. The number of ether oxygens (including phenoxy) is 2. The number of nitrogens with one attached hydrogen (secondary N) is 1. The lowest BCUT2D eigenvalue weighted by Gasteiger charge is -2.22. The Morgan fingerprint density at radius 2 is 2.00 bits per heavy atom. The highest BCUT2D eigenvalue weighted by Gasteiger charge is 2.28. The predicted molar refractivity (Wildman–Crippen MR) is 99.8 cm³/mol. The molecule has 1 aliphatic rings. The van der Waals surface area contributed by atoms with Crippen molar-refractivity contribution in [2.45, 2.75) is 20.1 Å². The van der Waals surface area contributed by atoms with Gasteiger partial charge in [-0.2, -0.15) is 0 Å². The number of hydrogen-bond acceptors (Lipinski definition) is 7. The van der Waals surface area contributed by atoms with Crippen molar-refractivity contribution in [2.75, 3.05) is 30.5 Å². The summed E-state index contributed by atoms with van der Waals surface area (Å²) >= 11 is 0. The van der Waals surface area contributed by atoms with Crippen LogP contribution < -0.4 is 20.7 Å². The number of carbonyl (C=O) groups excluding carboxylic acids is 1. The van der Waals surface area contributed by atoms with E-state index in [9.17, 15) is 9.90 Å². The van der Waals surface area contributed by atoms with Gasteiger partial charge in [-0.1, -0.05) is 6.07 Å². The van der Waals surface area contributed by atoms with E-state index in [2.05, 4.69) is 5.32 Å². The summed E-state index contributed by atoms with van der Waals surface area (Å²) in [4.78, 5) is 13.6. The van der Waals surface area contributed by atoms with E-state index in [0.717, 1.165) is 22.5 Å². The number of anilines is 2. The Bertz CT molecular complexity index is 815. The van der Waals surface area contributed by atoms with Gasteiger partial charge in [0, 0.05) is 6.54 Å². The van der Waals surface area contributed by atoms with Crippen LogP contribution in [0.3, 0.4) is 0 Å². The average Bonchev–Trinajstić information content (AvgIpc) is 2.94. The van der Waals surface area contributed by atoms with Crippen LogP contribution in [0, 0.1) is 13.8 Å². The maximum absolute atomic E-state index is 11.8. The fourth-order valence-electron chi connectivity index (χ4n) is 3.19. The van der Waals surface area contributed by atoms with E-state index in [0.29, 0.717) is 23.6 Å². The Kier molecular flexibility index (Phi) is 5.01. The minimum Gasteiger partial charge on any atom is -0.465 e. The number of β-amino-alcohol motifs (C(OH)–C–C–N with tert-alkyl or cyclic N) is 1. The Morgan fingerprint density at radius 1 is 1.31 bits per heavy atom. The quantitative estimate of drug-likeness (QED) is 0.707. The second-order valence-corrected chi connectivity index (χ2v) is 6.19. The third-order valence-electron chi connectivity index (χ3n) is 4.38. The lowest BCUT2D eigenvalue weighted by atomic mass is 10.1. The van der Waals surface area contributed by atoms with E-state index in [4.69, 9.17) is 15.2 Å². The van der Waals surface area contributed by atoms with Gasteiger partial charge in [0.1, 0.15) is 11.4 Å². The third-order valence-corrected chi connectivity index (χ3v) is 4.38. The lowest BCUT2D eigenvalue weighted by molar-refractivity contribution is 0.0600. The molecule has 0 amide bonds. The zero-order valence-corrected chi connectivity index (χ0v) is 15.1. The van der Waals surface area contributed by atoms with Crippen molar-refractivity contribution in [1.29, 1.82) is 0 Å². The summed E-state index contributed by atoms with van der Waals surface area (Å²) in [6.07, 6.45) is -0.425. The van der Waals surface area contributed by atoms with Crippen molar-refractivity contribution in [3.63, 3.8) is 0 Å². The standard InChI is InChI=1S/C19H23N3O4/c1-11-9-13(18(24)25-3)10-12(2)17(11)26-15-6-4-5-14-16(15)21-19(20)22(14)7-8-23/h4-6,9-10,19,21,23H,7-8,20H2,1-3H3. The molecule has 138 valence electrons. The van der Waals surface area contributed by atoms with E-state index in [1.165, 1.54) is 7.11 Å². The Morgan fingerprint density at radius 3 is 2.62 bits per heavy atom. The second-order valence-electron chi connectivity index (χ2n) is 6.19. The molecule has 7 nitrogen and oxygen atoms in total. The second kappa shape index (κ2) is 7.23. The van der Waals surface area contributed by atoms with Crippen molar-refractivity contribution in [2.24, 2.45) is 5.73 Å². The molecule has 26 heavy (non-hydrogen) atoms. The van der Waals surface area contributed by atoms with E-state index < -0.39 is 6.29 Å². The molecule has 2 aromatic rings. The monoisotopic (exact) mass is 357 g/mol. The third kappa shape index (κ3) is 3.18. The number of methoxy groups -OCH3 is 1. The highest BCUT2D eigenvalue weighted by atomic mass is 16.5. The van der Waals surface area contributed by atoms with Crippen LogP contribution in [0.1, 0.15) is 21.5 Å². The van der Waals surface area contributed by atoms with Gasteiger partial charge in [0.25, 0.3) is 0 Å². The molecule has 3 rings (SSSR count). The number of aliphatic hydroxyl groups excluding tert-OH is 1. The summed E-state index contributed by atoms with van der Waals surface area (Å²) < 4.78 is 10.9. The van der Waals surface area contributed by atoms with Gasteiger partial charge in [-0.05, 0) is 49.2 Å². The largest absolute Gasteiger partial charge is 0.465 e. The van der Waals surface area contributed by atoms with Gasteiger partial charge in [0.05, 0.1) is 25.0 Å². The molecule has 1 aliphatic heterocycles. The molecule has 0 saturated heterocycles. The maximum atomic E-state index is 11.8. The number of para-hydroxylation sites is 1. The maximum Gasteiger partial charge on any atom is 0.337 e. The number of nitrogens with zero attached hydrogens (tertiary/aromatic N) is 1. The van der Waals surface area contributed by atoms with E-state index in [1.807, 2.05) is 36.9 Å². The van der Waals surface area contributed by atoms with Crippen molar-refractivity contribution in [1.82, 2.24) is 0 Å². The fourth-order valence-corrected chi connectivity index (χ4v) is 3.19. The molecule has 0 bridgehead atoms. The van der Waals surface area contributed by atoms with Crippen LogP contribution in [0.5, 0.6) is 11.5 Å². The summed E-state index contributed by atoms with van der Waals surface area (Å²) in [5.41, 5.74) is 9.91. The molecular formula is C19H23N3O4. The zero-order chi connectivity index (χ0) is 18.8. The first kappa shape index (κ1) is 18.0. The average molecular weight is 357 g/mol. The molecule has 0 spiro atoms. The Labute approximate surface area is 152 Å². The Hall–Kier alpha value is -2.77. The van der Waals surface area contributed by atoms with Gasteiger partial charge in [-0.3, -0.25) is 5.73 Å². The van der Waals surface area contributed by atoms with Gasteiger partial charge in [0.15, 0.2) is 12.0 Å². The summed E-state index contributed by atoms with van der Waals surface area (Å²) in [5, 5.41) is 12.4. The molecule has 1 heterocycles. The van der Waals surface area contributed by atoms with Gasteiger partial charge in [-0.15, -0.1) is 0 Å². The predicted octanol–water partition coefficient (Wildman–Crippen LogP) is 2.35. The number of benzene rings is 2. The van der Waals surface area contributed by atoms with Gasteiger partial charge < -0.3 is 24.8 Å². The molecule has 0 fully saturated rings. The molecule has 1 atom stereocenters. The number of fused-ring (bicyclic) bond motifs is 1. The van der Waals surface area contributed by atoms with Crippen molar-refractivity contribution in [3.8, 4) is 11.5 Å². The van der Waals surface area contributed by atoms with Gasteiger partial charge in [-0.25, -0.2) is 4.79 Å². The molecule has 0 saturated carbocycles. The molecular weight excluding hydrogens is 334 g/mol. The number of aryl methyl sites for hydroxylation is 2. The van der Waals surface area contributed by atoms with Crippen LogP contribution in [-0.2, 0) is 4.74 Å². The summed E-state index contributed by atoms with van der Waals surface area (Å²) in [5.74, 6) is 0.938. The normalized spacial score (nSPS) is 15.4. The van der Waals surface area contributed by atoms with E-state index in [-0.39, 0.29) is 12.6 Å². The summed E-state index contributed by atoms with van der Waals surface area (Å²) in [6.45, 7) is 4.20. The minimum absolute atomic E-state index is 0.00705. The number of carbonyl (C=O) groups is 1. The number of aliphatic hydroxyl groups is 1. The van der Waals surface area contributed by atoms with E-state index >= 15 is 0 Å². The van der Waals surface area contributed by atoms with Crippen LogP contribution in [-0.4, -0.2) is 37.6 Å². The lowest BCUT2D eigenvalue weighted by Crippen LogP contribution is -2.44. The highest BCUT2D eigenvalue weighted by molar-refractivity contribution is 5.90. The molecule has 2 aromatic carbocycles. The molecule has 0 aliphatic carbocycles. The summed E-state index contributed by atoms with van der Waals surface area (Å²) in [6, 6.07) is 9.15. The van der Waals surface area contributed by atoms with Gasteiger partial charge >= 0.3 is 5.97 Å². The molecule has 7 heteroatoms. The first-order chi connectivity index (χ1) is 12.5. The SMILES string of the molecule is COC(=O)c1cc(C)c(Oc2cccc3c2NC(N)N3CCO)c(C)c1.